The first-order valence-electron chi connectivity index (χ1n) is 5.51. The van der Waals surface area contributed by atoms with Crippen LogP contribution in [0.3, 0.4) is 0 Å². The predicted molar refractivity (Wildman–Crippen MR) is 62.2 cm³/mol. The molecule has 0 bridgehead atoms. The van der Waals surface area contributed by atoms with Gasteiger partial charge in [0.1, 0.15) is 0 Å². The van der Waals surface area contributed by atoms with Crippen LogP contribution in [0, 0.1) is 0 Å². The van der Waals surface area contributed by atoms with Crippen LogP contribution in [0.1, 0.15) is 42.5 Å². The van der Waals surface area contributed by atoms with E-state index in [0.29, 0.717) is 5.56 Å². The fourth-order valence-electron chi connectivity index (χ4n) is 1.63. The Hall–Kier alpha value is -0.124. The normalized spacial score (nSPS) is 15.4. The van der Waals surface area contributed by atoms with Gasteiger partial charge in [0.2, 0.25) is 0 Å². The summed E-state index contributed by atoms with van der Waals surface area (Å²) in [7, 11) is 0. The van der Waals surface area contributed by atoms with E-state index in [1.165, 1.54) is 38.3 Å². The van der Waals surface area contributed by atoms with Crippen LogP contribution in [0.4, 0.5) is 0 Å². The molecule has 0 spiro atoms. The summed E-state index contributed by atoms with van der Waals surface area (Å²) in [6, 6.07) is 3.43. The molecule has 0 aromatic carbocycles. The predicted octanol–water partition coefficient (Wildman–Crippen LogP) is -0.194. The third kappa shape index (κ3) is 7.20. The van der Waals surface area contributed by atoms with Gasteiger partial charge in [0, 0.05) is 18.0 Å². The second-order valence-corrected chi connectivity index (χ2v) is 5.06. The van der Waals surface area contributed by atoms with Gasteiger partial charge in [-0.2, -0.15) is 0 Å². The summed E-state index contributed by atoms with van der Waals surface area (Å²) in [5.74, 6) is 0. The van der Waals surface area contributed by atoms with E-state index >= 15 is 0 Å². The average molecular weight is 250 g/mol. The Morgan fingerprint density at radius 2 is 2.00 bits per heavy atom. The van der Waals surface area contributed by atoms with Crippen molar-refractivity contribution >= 4 is 28.0 Å². The topological polar surface area (TPSA) is 30.0 Å². The summed E-state index contributed by atoms with van der Waals surface area (Å²) in [6.07, 6.45) is 11.4. The maximum absolute atomic E-state index is 9.97. The first kappa shape index (κ1) is 15.9. The second-order valence-electron chi connectivity index (χ2n) is 3.91. The molecule has 0 aliphatic heterocycles. The van der Waals surface area contributed by atoms with Crippen LogP contribution in [0.15, 0.2) is 24.5 Å². The van der Waals surface area contributed by atoms with Gasteiger partial charge in [-0.05, 0) is 12.1 Å². The zero-order chi connectivity index (χ0) is 10.9. The number of carbonyl (C=O) groups is 1. The first-order chi connectivity index (χ1) is 7.33. The molecule has 0 saturated heterocycles. The van der Waals surface area contributed by atoms with Crippen LogP contribution in [-0.4, -0.2) is 33.0 Å². The summed E-state index contributed by atoms with van der Waals surface area (Å²) in [4.78, 5) is 13.7. The third-order valence-electron chi connectivity index (χ3n) is 2.55. The number of halogens is 1. The minimum absolute atomic E-state index is 0. The molecular formula is C12H16ClMgNO. The molecule has 0 atom stereocenters. The van der Waals surface area contributed by atoms with E-state index in [0.717, 1.165) is 10.3 Å². The standard InChI is InChI=1S/C6H5NO.C6H11.ClH.Mg/c8-5-6-2-1-3-7-4-6;1-2-4-6-5-3-1;;/h1-5H;1H,2-6H2;1H;/q;;;+1/p-1. The molecule has 1 aliphatic carbocycles. The maximum atomic E-state index is 9.97. The molecular weight excluding hydrogens is 234 g/mol. The number of hydrogen-bond donors (Lipinski definition) is 0. The monoisotopic (exact) mass is 249 g/mol. The average Bonchev–Trinajstić information content (AvgIpc) is 2.32. The van der Waals surface area contributed by atoms with Gasteiger partial charge in [-0.1, -0.05) is 0 Å². The number of rotatable bonds is 1. The number of aldehydes is 1. The number of hydrogen-bond acceptors (Lipinski definition) is 2. The van der Waals surface area contributed by atoms with Crippen molar-refractivity contribution in [3.8, 4) is 0 Å². The van der Waals surface area contributed by atoms with Crippen molar-refractivity contribution in [2.24, 2.45) is 0 Å². The van der Waals surface area contributed by atoms with Gasteiger partial charge in [0.15, 0.2) is 6.29 Å². The van der Waals surface area contributed by atoms with E-state index < -0.39 is 0 Å². The summed E-state index contributed by atoms with van der Waals surface area (Å²) in [5, 5.41) is 0. The van der Waals surface area contributed by atoms with Crippen molar-refractivity contribution in [1.82, 2.24) is 4.98 Å². The SMILES string of the molecule is O=Cc1cccnc1.[Cl-].[Mg+][CH]1CCCCC1. The Morgan fingerprint density at radius 1 is 1.31 bits per heavy atom. The molecule has 1 aromatic heterocycles. The van der Waals surface area contributed by atoms with Crippen molar-refractivity contribution in [3.05, 3.63) is 30.1 Å². The number of aromatic nitrogens is 1. The third-order valence-corrected chi connectivity index (χ3v) is 3.36. The van der Waals surface area contributed by atoms with E-state index in [1.54, 1.807) is 18.3 Å². The number of carbonyl (C=O) groups excluding carboxylic acids is 1. The van der Waals surface area contributed by atoms with Gasteiger partial charge in [-0.3, -0.25) is 9.78 Å². The fraction of sp³-hybridized carbons (Fsp3) is 0.500. The molecule has 1 fully saturated rings. The second kappa shape index (κ2) is 10.1. The van der Waals surface area contributed by atoms with Crippen LogP contribution >= 0.6 is 0 Å². The molecule has 0 N–H and O–H groups in total. The molecule has 0 radical (unpaired) electrons. The van der Waals surface area contributed by atoms with E-state index in [9.17, 15) is 4.79 Å². The van der Waals surface area contributed by atoms with Crippen molar-refractivity contribution in [2.75, 3.05) is 0 Å². The molecule has 1 aromatic rings. The summed E-state index contributed by atoms with van der Waals surface area (Å²) < 4.78 is 1.06. The van der Waals surface area contributed by atoms with E-state index in [1.807, 2.05) is 0 Å². The molecule has 2 nitrogen and oxygen atoms in total. The van der Waals surface area contributed by atoms with Crippen LogP contribution in [0.25, 0.3) is 0 Å². The van der Waals surface area contributed by atoms with Gasteiger partial charge in [0.25, 0.3) is 0 Å². The summed E-state index contributed by atoms with van der Waals surface area (Å²) >= 11 is 2.18. The van der Waals surface area contributed by atoms with Crippen molar-refractivity contribution in [3.63, 3.8) is 0 Å². The molecule has 1 saturated carbocycles. The minimum atomic E-state index is 0. The molecule has 4 heteroatoms. The Labute approximate surface area is 116 Å². The Morgan fingerprint density at radius 3 is 2.31 bits per heavy atom. The Bertz CT molecular complexity index is 276. The van der Waals surface area contributed by atoms with E-state index in [-0.39, 0.29) is 12.4 Å². The molecule has 0 unspecified atom stereocenters. The zero-order valence-corrected chi connectivity index (χ0v) is 11.6. The van der Waals surface area contributed by atoms with E-state index in [2.05, 4.69) is 26.7 Å². The van der Waals surface area contributed by atoms with Gasteiger partial charge in [-0.25, -0.2) is 0 Å². The molecule has 1 aliphatic rings. The Kier molecular flexibility index (Phi) is 9.98. The first-order valence-corrected chi connectivity index (χ1v) is 6.33. The van der Waals surface area contributed by atoms with E-state index in [4.69, 9.17) is 0 Å². The molecule has 16 heavy (non-hydrogen) atoms. The number of pyridine rings is 1. The molecule has 1 heterocycles. The fourth-order valence-corrected chi connectivity index (χ4v) is 2.21. The quantitative estimate of drug-likeness (QED) is 0.510. The van der Waals surface area contributed by atoms with Crippen molar-refractivity contribution in [2.45, 2.75) is 36.2 Å². The van der Waals surface area contributed by atoms with Crippen molar-refractivity contribution in [1.29, 1.82) is 0 Å². The molecule has 0 amide bonds. The van der Waals surface area contributed by atoms with Crippen LogP contribution in [0.2, 0.25) is 4.05 Å². The van der Waals surface area contributed by atoms with Crippen LogP contribution < -0.4 is 12.4 Å². The van der Waals surface area contributed by atoms with Crippen LogP contribution in [-0.2, 0) is 0 Å². The molecule has 84 valence electrons. The zero-order valence-electron chi connectivity index (χ0n) is 9.44. The van der Waals surface area contributed by atoms with Gasteiger partial charge in [0.05, 0.1) is 0 Å². The van der Waals surface area contributed by atoms with Crippen LogP contribution in [0.5, 0.6) is 0 Å². The van der Waals surface area contributed by atoms with Gasteiger partial charge >= 0.3 is 57.9 Å². The molecule has 2 rings (SSSR count). The number of nitrogens with zero attached hydrogens (tertiary/aromatic N) is 1. The van der Waals surface area contributed by atoms with Gasteiger partial charge < -0.3 is 12.4 Å². The Balaban J connectivity index is 0.000000267. The summed E-state index contributed by atoms with van der Waals surface area (Å²) in [5.41, 5.74) is 0.618. The summed E-state index contributed by atoms with van der Waals surface area (Å²) in [6.45, 7) is 0. The van der Waals surface area contributed by atoms with Gasteiger partial charge in [-0.15, -0.1) is 0 Å². The van der Waals surface area contributed by atoms with Crippen molar-refractivity contribution < 1.29 is 17.2 Å².